The van der Waals surface area contributed by atoms with E-state index < -0.39 is 17.9 Å². The molecule has 2 N–H and O–H groups in total. The van der Waals surface area contributed by atoms with Crippen LogP contribution in [0, 0.1) is 11.3 Å². The Morgan fingerprint density at radius 3 is 2.06 bits per heavy atom. The van der Waals surface area contributed by atoms with Gasteiger partial charge in [0, 0.05) is 13.1 Å². The minimum absolute atomic E-state index is 0.0705. The van der Waals surface area contributed by atoms with Gasteiger partial charge in [-0.1, -0.05) is 20.8 Å². The fourth-order valence-electron chi connectivity index (χ4n) is 1.69. The predicted octanol–water partition coefficient (Wildman–Crippen LogP) is 1.14. The maximum absolute atomic E-state index is 10.8. The van der Waals surface area contributed by atoms with Crippen molar-refractivity contribution in [3.8, 4) is 0 Å². The molecule has 0 amide bonds. The van der Waals surface area contributed by atoms with E-state index in [1.807, 2.05) is 11.9 Å². The van der Waals surface area contributed by atoms with Crippen LogP contribution in [0.25, 0.3) is 0 Å². The molecule has 0 fully saturated rings. The minimum atomic E-state index is -1.07. The number of hydrogen-bond acceptors (Lipinski definition) is 3. The fraction of sp³-hybridized carbons (Fsp3) is 0.818. The Morgan fingerprint density at radius 1 is 1.25 bits per heavy atom. The van der Waals surface area contributed by atoms with E-state index in [2.05, 4.69) is 20.8 Å². The quantitative estimate of drug-likeness (QED) is 0.716. The highest BCUT2D eigenvalue weighted by atomic mass is 16.4. The molecule has 5 nitrogen and oxygen atoms in total. The molecule has 0 saturated heterocycles. The van der Waals surface area contributed by atoms with Gasteiger partial charge in [0.05, 0.1) is 12.3 Å². The molecule has 1 unspecified atom stereocenters. The first-order chi connectivity index (χ1) is 7.11. The molecule has 0 spiro atoms. The summed E-state index contributed by atoms with van der Waals surface area (Å²) in [5.41, 5.74) is 0.0705. The molecule has 5 heteroatoms. The average molecular weight is 231 g/mol. The summed E-state index contributed by atoms with van der Waals surface area (Å²) in [5.74, 6) is -2.97. The van der Waals surface area contributed by atoms with E-state index in [1.165, 1.54) is 0 Å². The van der Waals surface area contributed by atoms with Crippen LogP contribution in [0.5, 0.6) is 0 Å². The van der Waals surface area contributed by atoms with E-state index in [0.717, 1.165) is 6.54 Å². The van der Waals surface area contributed by atoms with Crippen molar-refractivity contribution in [2.24, 2.45) is 11.3 Å². The highest BCUT2D eigenvalue weighted by Gasteiger charge is 2.24. The van der Waals surface area contributed by atoms with Crippen molar-refractivity contribution >= 4 is 11.9 Å². The van der Waals surface area contributed by atoms with E-state index in [0.29, 0.717) is 0 Å². The third kappa shape index (κ3) is 7.23. The molecule has 0 aromatic heterocycles. The van der Waals surface area contributed by atoms with Gasteiger partial charge in [0.25, 0.3) is 0 Å². The van der Waals surface area contributed by atoms with Gasteiger partial charge in [0.1, 0.15) is 0 Å². The summed E-state index contributed by atoms with van der Waals surface area (Å²) in [4.78, 5) is 23.2. The normalized spacial score (nSPS) is 13.8. The van der Waals surface area contributed by atoms with Crippen molar-refractivity contribution in [2.75, 3.05) is 20.1 Å². The number of hydrogen-bond donors (Lipinski definition) is 2. The van der Waals surface area contributed by atoms with E-state index in [9.17, 15) is 9.59 Å². The van der Waals surface area contributed by atoms with Crippen molar-refractivity contribution in [1.82, 2.24) is 4.90 Å². The Balaban J connectivity index is 4.29. The maximum atomic E-state index is 10.8. The summed E-state index contributed by atoms with van der Waals surface area (Å²) >= 11 is 0. The van der Waals surface area contributed by atoms with Gasteiger partial charge in [-0.2, -0.15) is 0 Å². The van der Waals surface area contributed by atoms with Gasteiger partial charge in [-0.15, -0.1) is 0 Å². The Bertz CT molecular complexity index is 257. The second-order valence-corrected chi connectivity index (χ2v) is 5.39. The Kier molecular flexibility index (Phi) is 5.44. The van der Waals surface area contributed by atoms with Crippen LogP contribution in [0.2, 0.25) is 0 Å². The standard InChI is InChI=1S/C11H21NO4/c1-11(2,3)7-12(4)6-8(10(15)16)5-9(13)14/h8H,5-7H2,1-4H3,(H,13,14)(H,15,16). The van der Waals surface area contributed by atoms with Crippen molar-refractivity contribution in [2.45, 2.75) is 27.2 Å². The van der Waals surface area contributed by atoms with E-state index in [4.69, 9.17) is 10.2 Å². The second-order valence-electron chi connectivity index (χ2n) is 5.39. The summed E-state index contributed by atoms with van der Waals surface area (Å²) in [6.07, 6.45) is -0.330. The van der Waals surface area contributed by atoms with Crippen LogP contribution in [-0.4, -0.2) is 47.2 Å². The zero-order chi connectivity index (χ0) is 12.9. The highest BCUT2D eigenvalue weighted by molar-refractivity contribution is 5.77. The number of carboxylic acid groups (broad SMARTS) is 2. The molecule has 0 aliphatic carbocycles. The summed E-state index contributed by atoms with van der Waals surface area (Å²) in [7, 11) is 1.81. The summed E-state index contributed by atoms with van der Waals surface area (Å²) < 4.78 is 0. The zero-order valence-electron chi connectivity index (χ0n) is 10.4. The number of rotatable bonds is 6. The largest absolute Gasteiger partial charge is 0.481 e. The first kappa shape index (κ1) is 14.9. The van der Waals surface area contributed by atoms with Gasteiger partial charge in [-0.25, -0.2) is 0 Å². The van der Waals surface area contributed by atoms with Crippen LogP contribution >= 0.6 is 0 Å². The third-order valence-electron chi connectivity index (χ3n) is 2.05. The Labute approximate surface area is 96.1 Å². The van der Waals surface area contributed by atoms with Crippen molar-refractivity contribution in [1.29, 1.82) is 0 Å². The Hall–Kier alpha value is -1.10. The molecule has 0 aromatic carbocycles. The minimum Gasteiger partial charge on any atom is -0.481 e. The van der Waals surface area contributed by atoms with Gasteiger partial charge in [0.2, 0.25) is 0 Å². The van der Waals surface area contributed by atoms with Crippen LogP contribution in [-0.2, 0) is 9.59 Å². The summed E-state index contributed by atoms with van der Waals surface area (Å²) in [5, 5.41) is 17.5. The molecule has 0 aliphatic heterocycles. The van der Waals surface area contributed by atoms with Crippen LogP contribution in [0.3, 0.4) is 0 Å². The smallest absolute Gasteiger partial charge is 0.308 e. The lowest BCUT2D eigenvalue weighted by Crippen LogP contribution is -2.36. The lowest BCUT2D eigenvalue weighted by Gasteiger charge is -2.28. The van der Waals surface area contributed by atoms with Crippen LogP contribution in [0.1, 0.15) is 27.2 Å². The molecule has 0 heterocycles. The van der Waals surface area contributed by atoms with Crippen molar-refractivity contribution in [3.05, 3.63) is 0 Å². The number of carbonyl (C=O) groups is 2. The molecular formula is C11H21NO4. The van der Waals surface area contributed by atoms with Crippen molar-refractivity contribution < 1.29 is 19.8 Å². The average Bonchev–Trinajstić information content (AvgIpc) is 1.97. The molecule has 0 saturated carbocycles. The van der Waals surface area contributed by atoms with Gasteiger partial charge in [0.15, 0.2) is 0 Å². The summed E-state index contributed by atoms with van der Waals surface area (Å²) in [6.45, 7) is 7.15. The fourth-order valence-corrected chi connectivity index (χ4v) is 1.69. The third-order valence-corrected chi connectivity index (χ3v) is 2.05. The first-order valence-corrected chi connectivity index (χ1v) is 5.25. The SMILES string of the molecule is CN(CC(CC(=O)O)C(=O)O)CC(C)(C)C. The monoisotopic (exact) mass is 231 g/mol. The number of nitrogens with zero attached hydrogens (tertiary/aromatic N) is 1. The molecule has 16 heavy (non-hydrogen) atoms. The second kappa shape index (κ2) is 5.84. The van der Waals surface area contributed by atoms with Crippen LogP contribution < -0.4 is 0 Å². The molecule has 0 aliphatic rings. The highest BCUT2D eigenvalue weighted by Crippen LogP contribution is 2.16. The Morgan fingerprint density at radius 2 is 1.75 bits per heavy atom. The van der Waals surface area contributed by atoms with Crippen molar-refractivity contribution in [3.63, 3.8) is 0 Å². The summed E-state index contributed by atoms with van der Waals surface area (Å²) in [6, 6.07) is 0. The zero-order valence-corrected chi connectivity index (χ0v) is 10.4. The molecule has 0 radical (unpaired) electrons. The predicted molar refractivity (Wildman–Crippen MR) is 60.3 cm³/mol. The topological polar surface area (TPSA) is 77.8 Å². The van der Waals surface area contributed by atoms with E-state index >= 15 is 0 Å². The molecule has 1 atom stereocenters. The van der Waals surface area contributed by atoms with E-state index in [1.54, 1.807) is 0 Å². The maximum Gasteiger partial charge on any atom is 0.308 e. The van der Waals surface area contributed by atoms with Gasteiger partial charge >= 0.3 is 11.9 Å². The van der Waals surface area contributed by atoms with Gasteiger partial charge in [-0.3, -0.25) is 9.59 Å². The molecular weight excluding hydrogens is 210 g/mol. The van der Waals surface area contributed by atoms with Gasteiger partial charge < -0.3 is 15.1 Å². The lowest BCUT2D eigenvalue weighted by molar-refractivity contribution is -0.148. The molecule has 0 rings (SSSR count). The van der Waals surface area contributed by atoms with E-state index in [-0.39, 0.29) is 18.4 Å². The first-order valence-electron chi connectivity index (χ1n) is 5.25. The van der Waals surface area contributed by atoms with Gasteiger partial charge in [-0.05, 0) is 12.5 Å². The lowest BCUT2D eigenvalue weighted by atomic mass is 9.95. The number of aliphatic carboxylic acids is 2. The van der Waals surface area contributed by atoms with Crippen LogP contribution in [0.4, 0.5) is 0 Å². The van der Waals surface area contributed by atoms with Crippen LogP contribution in [0.15, 0.2) is 0 Å². The molecule has 0 bridgehead atoms. The number of carboxylic acids is 2. The molecule has 0 aromatic rings. The molecule has 94 valence electrons.